The monoisotopic (exact) mass is 216 g/mol. The summed E-state index contributed by atoms with van der Waals surface area (Å²) in [5.41, 5.74) is 7.93. The maximum absolute atomic E-state index is 5.84. The molecule has 1 aliphatic carbocycles. The Morgan fingerprint density at radius 3 is 2.75 bits per heavy atom. The third-order valence-electron chi connectivity index (χ3n) is 3.71. The van der Waals surface area contributed by atoms with Crippen molar-refractivity contribution in [1.82, 2.24) is 4.98 Å². The van der Waals surface area contributed by atoms with E-state index >= 15 is 0 Å². The van der Waals surface area contributed by atoms with Crippen molar-refractivity contribution in [3.8, 4) is 0 Å². The first-order valence-electron chi connectivity index (χ1n) is 5.86. The van der Waals surface area contributed by atoms with E-state index in [-0.39, 0.29) is 5.41 Å². The van der Waals surface area contributed by atoms with E-state index in [2.05, 4.69) is 4.98 Å². The van der Waals surface area contributed by atoms with Crippen LogP contribution in [0, 0.1) is 5.41 Å². The fourth-order valence-corrected chi connectivity index (χ4v) is 2.45. The molecule has 1 heterocycles. The fraction of sp³-hybridized carbons (Fsp3) is 0.462. The first kappa shape index (κ1) is 9.85. The molecule has 84 valence electrons. The van der Waals surface area contributed by atoms with Crippen LogP contribution in [0.2, 0.25) is 0 Å². The second kappa shape index (κ2) is 3.59. The molecular weight excluding hydrogens is 200 g/mol. The highest BCUT2D eigenvalue weighted by Crippen LogP contribution is 2.42. The first-order chi connectivity index (χ1) is 7.81. The molecule has 0 unspecified atom stereocenters. The summed E-state index contributed by atoms with van der Waals surface area (Å²) in [5.74, 6) is 0.839. The van der Waals surface area contributed by atoms with Crippen LogP contribution in [0.3, 0.4) is 0 Å². The summed E-state index contributed by atoms with van der Waals surface area (Å²) in [6, 6.07) is 7.90. The molecule has 0 radical (unpaired) electrons. The molecule has 0 amide bonds. The lowest BCUT2D eigenvalue weighted by atomic mass is 9.67. The zero-order valence-electron chi connectivity index (χ0n) is 9.28. The molecule has 1 aliphatic rings. The number of hydrogen-bond donors (Lipinski definition) is 1. The SMILES string of the molecule is NCC1(Cc2nc3ccccc3o2)CCC1. The van der Waals surface area contributed by atoms with Gasteiger partial charge in [0.1, 0.15) is 5.52 Å². The quantitative estimate of drug-likeness (QED) is 0.857. The summed E-state index contributed by atoms with van der Waals surface area (Å²) >= 11 is 0. The van der Waals surface area contributed by atoms with Gasteiger partial charge in [0.15, 0.2) is 11.5 Å². The lowest BCUT2D eigenvalue weighted by molar-refractivity contribution is 0.134. The topological polar surface area (TPSA) is 52.0 Å². The minimum Gasteiger partial charge on any atom is -0.441 e. The van der Waals surface area contributed by atoms with Crippen LogP contribution < -0.4 is 5.73 Å². The number of nitrogens with zero attached hydrogens (tertiary/aromatic N) is 1. The van der Waals surface area contributed by atoms with E-state index in [4.69, 9.17) is 10.2 Å². The van der Waals surface area contributed by atoms with E-state index in [0.717, 1.165) is 30.0 Å². The van der Waals surface area contributed by atoms with Gasteiger partial charge in [-0.15, -0.1) is 0 Å². The number of benzene rings is 1. The molecule has 3 nitrogen and oxygen atoms in total. The fourth-order valence-electron chi connectivity index (χ4n) is 2.45. The van der Waals surface area contributed by atoms with Gasteiger partial charge in [-0.05, 0) is 36.9 Å². The number of fused-ring (bicyclic) bond motifs is 1. The van der Waals surface area contributed by atoms with Crippen molar-refractivity contribution in [3.05, 3.63) is 30.2 Å². The molecule has 0 bridgehead atoms. The third kappa shape index (κ3) is 1.52. The predicted molar refractivity (Wildman–Crippen MR) is 63.1 cm³/mol. The van der Waals surface area contributed by atoms with Crippen LogP contribution in [0.25, 0.3) is 11.1 Å². The average Bonchev–Trinajstić information content (AvgIpc) is 2.65. The van der Waals surface area contributed by atoms with Crippen LogP contribution in [-0.2, 0) is 6.42 Å². The number of nitrogens with two attached hydrogens (primary N) is 1. The standard InChI is InChI=1S/C13H16N2O/c14-9-13(6-3-7-13)8-12-15-10-4-1-2-5-11(10)16-12/h1-2,4-5H,3,6-9,14H2. The van der Waals surface area contributed by atoms with Gasteiger partial charge in [0.2, 0.25) is 0 Å². The Kier molecular flexibility index (Phi) is 2.21. The molecule has 0 aliphatic heterocycles. The molecule has 0 spiro atoms. The lowest BCUT2D eigenvalue weighted by Crippen LogP contribution is -2.39. The van der Waals surface area contributed by atoms with Crippen LogP contribution in [0.1, 0.15) is 25.2 Å². The predicted octanol–water partition coefficient (Wildman–Crippen LogP) is 2.50. The summed E-state index contributed by atoms with van der Waals surface area (Å²) in [7, 11) is 0. The van der Waals surface area contributed by atoms with Crippen LogP contribution in [0.5, 0.6) is 0 Å². The van der Waals surface area contributed by atoms with Crippen molar-refractivity contribution in [3.63, 3.8) is 0 Å². The summed E-state index contributed by atoms with van der Waals surface area (Å²) in [6.45, 7) is 0.742. The van der Waals surface area contributed by atoms with Gasteiger partial charge in [-0.25, -0.2) is 4.98 Å². The van der Waals surface area contributed by atoms with Crippen LogP contribution in [0.15, 0.2) is 28.7 Å². The smallest absolute Gasteiger partial charge is 0.196 e. The molecule has 3 rings (SSSR count). The van der Waals surface area contributed by atoms with Gasteiger partial charge in [0, 0.05) is 6.42 Å². The molecule has 3 heteroatoms. The Morgan fingerprint density at radius 1 is 1.31 bits per heavy atom. The number of aromatic nitrogens is 1. The van der Waals surface area contributed by atoms with Crippen molar-refractivity contribution in [2.75, 3.05) is 6.54 Å². The highest BCUT2D eigenvalue weighted by atomic mass is 16.3. The minimum absolute atomic E-state index is 0.265. The van der Waals surface area contributed by atoms with Gasteiger partial charge < -0.3 is 10.2 Å². The zero-order valence-corrected chi connectivity index (χ0v) is 9.28. The molecule has 0 atom stereocenters. The van der Waals surface area contributed by atoms with Crippen LogP contribution in [0.4, 0.5) is 0 Å². The minimum atomic E-state index is 0.265. The Balaban J connectivity index is 1.89. The van der Waals surface area contributed by atoms with Crippen molar-refractivity contribution in [2.24, 2.45) is 11.1 Å². The van der Waals surface area contributed by atoms with Gasteiger partial charge >= 0.3 is 0 Å². The Labute approximate surface area is 94.7 Å². The third-order valence-corrected chi connectivity index (χ3v) is 3.71. The van der Waals surface area contributed by atoms with E-state index in [1.807, 2.05) is 24.3 Å². The van der Waals surface area contributed by atoms with E-state index in [1.165, 1.54) is 19.3 Å². The van der Waals surface area contributed by atoms with E-state index in [0.29, 0.717) is 0 Å². The van der Waals surface area contributed by atoms with Crippen molar-refractivity contribution >= 4 is 11.1 Å². The molecule has 16 heavy (non-hydrogen) atoms. The summed E-state index contributed by atoms with van der Waals surface area (Å²) in [5, 5.41) is 0. The average molecular weight is 216 g/mol. The Hall–Kier alpha value is -1.35. The first-order valence-corrected chi connectivity index (χ1v) is 5.86. The summed E-state index contributed by atoms with van der Waals surface area (Å²) in [4.78, 5) is 4.51. The van der Waals surface area contributed by atoms with Gasteiger partial charge in [-0.1, -0.05) is 18.6 Å². The van der Waals surface area contributed by atoms with Gasteiger partial charge in [0.25, 0.3) is 0 Å². The summed E-state index contributed by atoms with van der Waals surface area (Å²) in [6.07, 6.45) is 4.60. The van der Waals surface area contributed by atoms with Crippen LogP contribution >= 0.6 is 0 Å². The van der Waals surface area contributed by atoms with Crippen molar-refractivity contribution in [1.29, 1.82) is 0 Å². The second-order valence-corrected chi connectivity index (χ2v) is 4.81. The molecule has 0 saturated heterocycles. The molecule has 1 aromatic heterocycles. The molecule has 2 N–H and O–H groups in total. The number of hydrogen-bond acceptors (Lipinski definition) is 3. The maximum Gasteiger partial charge on any atom is 0.196 e. The highest BCUT2D eigenvalue weighted by molar-refractivity contribution is 5.72. The number of para-hydroxylation sites is 2. The molecule has 1 saturated carbocycles. The van der Waals surface area contributed by atoms with Gasteiger partial charge in [-0.3, -0.25) is 0 Å². The molecular formula is C13H16N2O. The molecule has 1 aromatic carbocycles. The van der Waals surface area contributed by atoms with Crippen molar-refractivity contribution < 1.29 is 4.42 Å². The largest absolute Gasteiger partial charge is 0.441 e. The molecule has 2 aromatic rings. The van der Waals surface area contributed by atoms with Gasteiger partial charge in [0.05, 0.1) is 0 Å². The Morgan fingerprint density at radius 2 is 2.12 bits per heavy atom. The van der Waals surface area contributed by atoms with E-state index in [9.17, 15) is 0 Å². The van der Waals surface area contributed by atoms with Crippen molar-refractivity contribution in [2.45, 2.75) is 25.7 Å². The highest BCUT2D eigenvalue weighted by Gasteiger charge is 2.37. The van der Waals surface area contributed by atoms with Gasteiger partial charge in [-0.2, -0.15) is 0 Å². The lowest BCUT2D eigenvalue weighted by Gasteiger charge is -2.39. The maximum atomic E-state index is 5.84. The second-order valence-electron chi connectivity index (χ2n) is 4.81. The normalized spacial score (nSPS) is 18.6. The Bertz CT molecular complexity index is 461. The number of rotatable bonds is 3. The van der Waals surface area contributed by atoms with Crippen LogP contribution in [-0.4, -0.2) is 11.5 Å². The molecule has 1 fully saturated rings. The van der Waals surface area contributed by atoms with E-state index in [1.54, 1.807) is 0 Å². The summed E-state index contributed by atoms with van der Waals surface area (Å²) < 4.78 is 5.73. The van der Waals surface area contributed by atoms with E-state index < -0.39 is 0 Å². The number of oxazole rings is 1. The zero-order chi connectivity index (χ0) is 11.0.